The SMILES string of the molecule is Cc1nc(Nc2cccc(C)c2C)cc(C(=O)Nc2ccccc2)n1. The largest absolute Gasteiger partial charge is 0.340 e. The summed E-state index contributed by atoms with van der Waals surface area (Å²) in [5.74, 6) is 0.869. The molecule has 0 fully saturated rings. The van der Waals surface area contributed by atoms with Crippen molar-refractivity contribution >= 4 is 23.1 Å². The topological polar surface area (TPSA) is 66.9 Å². The third-order valence-corrected chi connectivity index (χ3v) is 3.97. The van der Waals surface area contributed by atoms with Crippen molar-refractivity contribution in [3.63, 3.8) is 0 Å². The Morgan fingerprint density at radius 1 is 0.920 bits per heavy atom. The number of anilines is 3. The molecule has 2 N–H and O–H groups in total. The number of para-hydroxylation sites is 1. The first-order valence-electron chi connectivity index (χ1n) is 8.08. The van der Waals surface area contributed by atoms with Gasteiger partial charge >= 0.3 is 0 Å². The van der Waals surface area contributed by atoms with E-state index in [-0.39, 0.29) is 5.91 Å². The maximum atomic E-state index is 12.5. The number of hydrogen-bond donors (Lipinski definition) is 2. The normalized spacial score (nSPS) is 10.4. The van der Waals surface area contributed by atoms with Crippen molar-refractivity contribution in [3.8, 4) is 0 Å². The molecule has 1 amide bonds. The van der Waals surface area contributed by atoms with Gasteiger partial charge in [0.1, 0.15) is 17.3 Å². The van der Waals surface area contributed by atoms with Gasteiger partial charge in [-0.15, -0.1) is 0 Å². The van der Waals surface area contributed by atoms with Crippen LogP contribution >= 0.6 is 0 Å². The van der Waals surface area contributed by atoms with E-state index in [1.165, 1.54) is 5.56 Å². The highest BCUT2D eigenvalue weighted by molar-refractivity contribution is 6.03. The van der Waals surface area contributed by atoms with Gasteiger partial charge in [0.25, 0.3) is 5.91 Å². The fraction of sp³-hybridized carbons (Fsp3) is 0.150. The molecule has 2 aromatic carbocycles. The number of amides is 1. The summed E-state index contributed by atoms with van der Waals surface area (Å²) in [6.45, 7) is 5.88. The average molecular weight is 332 g/mol. The molecular weight excluding hydrogens is 312 g/mol. The molecule has 126 valence electrons. The zero-order chi connectivity index (χ0) is 17.8. The summed E-state index contributed by atoms with van der Waals surface area (Å²) in [4.78, 5) is 21.1. The maximum absolute atomic E-state index is 12.5. The summed E-state index contributed by atoms with van der Waals surface area (Å²) in [5, 5.41) is 6.12. The molecule has 1 aromatic heterocycles. The zero-order valence-electron chi connectivity index (χ0n) is 14.5. The van der Waals surface area contributed by atoms with Gasteiger partial charge in [0.15, 0.2) is 0 Å². The fourth-order valence-electron chi connectivity index (χ4n) is 2.49. The van der Waals surface area contributed by atoms with Crippen LogP contribution in [0.2, 0.25) is 0 Å². The van der Waals surface area contributed by atoms with Crippen LogP contribution < -0.4 is 10.6 Å². The molecule has 0 bridgehead atoms. The number of rotatable bonds is 4. The molecule has 0 saturated heterocycles. The van der Waals surface area contributed by atoms with Crippen molar-refractivity contribution in [1.29, 1.82) is 0 Å². The summed E-state index contributed by atoms with van der Waals surface area (Å²) in [6, 6.07) is 17.0. The summed E-state index contributed by atoms with van der Waals surface area (Å²) in [5.41, 5.74) is 4.36. The van der Waals surface area contributed by atoms with Gasteiger partial charge in [-0.1, -0.05) is 30.3 Å². The van der Waals surface area contributed by atoms with E-state index < -0.39 is 0 Å². The van der Waals surface area contributed by atoms with Gasteiger partial charge in [-0.05, 0) is 50.1 Å². The minimum Gasteiger partial charge on any atom is -0.340 e. The van der Waals surface area contributed by atoms with Crippen LogP contribution in [-0.2, 0) is 0 Å². The average Bonchev–Trinajstić information content (AvgIpc) is 2.59. The summed E-state index contributed by atoms with van der Waals surface area (Å²) >= 11 is 0. The van der Waals surface area contributed by atoms with Gasteiger partial charge in [-0.2, -0.15) is 0 Å². The van der Waals surface area contributed by atoms with Crippen molar-refractivity contribution in [2.45, 2.75) is 20.8 Å². The molecule has 0 unspecified atom stereocenters. The van der Waals surface area contributed by atoms with Gasteiger partial charge < -0.3 is 10.6 Å². The Morgan fingerprint density at radius 3 is 2.44 bits per heavy atom. The van der Waals surface area contributed by atoms with Gasteiger partial charge in [0.2, 0.25) is 0 Å². The Morgan fingerprint density at radius 2 is 1.68 bits per heavy atom. The quantitative estimate of drug-likeness (QED) is 0.743. The van der Waals surface area contributed by atoms with Gasteiger partial charge in [0.05, 0.1) is 0 Å². The number of aromatic nitrogens is 2. The number of nitrogens with zero attached hydrogens (tertiary/aromatic N) is 2. The van der Waals surface area contributed by atoms with Crippen LogP contribution in [0.15, 0.2) is 54.6 Å². The molecule has 5 nitrogen and oxygen atoms in total. The Bertz CT molecular complexity index is 907. The first-order chi connectivity index (χ1) is 12.0. The molecule has 1 heterocycles. The minimum atomic E-state index is -0.263. The molecule has 0 aliphatic heterocycles. The van der Waals surface area contributed by atoms with E-state index in [1.54, 1.807) is 13.0 Å². The Hall–Kier alpha value is -3.21. The molecular formula is C20H20N4O. The predicted molar refractivity (Wildman–Crippen MR) is 100 cm³/mol. The van der Waals surface area contributed by atoms with E-state index in [4.69, 9.17) is 0 Å². The van der Waals surface area contributed by atoms with Gasteiger partial charge in [-0.25, -0.2) is 9.97 Å². The van der Waals surface area contributed by atoms with Crippen LogP contribution in [0.3, 0.4) is 0 Å². The lowest BCUT2D eigenvalue weighted by molar-refractivity contribution is 0.102. The molecule has 0 aliphatic carbocycles. The van der Waals surface area contributed by atoms with E-state index in [2.05, 4.69) is 40.5 Å². The molecule has 0 aliphatic rings. The number of nitrogens with one attached hydrogen (secondary N) is 2. The molecule has 3 aromatic rings. The van der Waals surface area contributed by atoms with Crippen LogP contribution in [0.5, 0.6) is 0 Å². The second-order valence-corrected chi connectivity index (χ2v) is 5.88. The highest BCUT2D eigenvalue weighted by Crippen LogP contribution is 2.22. The summed E-state index contributed by atoms with van der Waals surface area (Å²) in [7, 11) is 0. The van der Waals surface area contributed by atoms with Gasteiger partial charge in [0, 0.05) is 17.4 Å². The van der Waals surface area contributed by atoms with Gasteiger partial charge in [-0.3, -0.25) is 4.79 Å². The Balaban J connectivity index is 1.85. The predicted octanol–water partition coefficient (Wildman–Crippen LogP) is 4.40. The fourth-order valence-corrected chi connectivity index (χ4v) is 2.49. The second kappa shape index (κ2) is 7.13. The van der Waals surface area contributed by atoms with Crippen LogP contribution in [0, 0.1) is 20.8 Å². The van der Waals surface area contributed by atoms with Crippen molar-refractivity contribution in [2.75, 3.05) is 10.6 Å². The third kappa shape index (κ3) is 4.01. The van der Waals surface area contributed by atoms with Crippen LogP contribution in [0.4, 0.5) is 17.2 Å². The molecule has 25 heavy (non-hydrogen) atoms. The van der Waals surface area contributed by atoms with E-state index >= 15 is 0 Å². The summed E-state index contributed by atoms with van der Waals surface area (Å²) < 4.78 is 0. The molecule has 0 atom stereocenters. The van der Waals surface area contributed by atoms with E-state index in [0.717, 1.165) is 16.9 Å². The number of benzene rings is 2. The molecule has 3 rings (SSSR count). The Kier molecular flexibility index (Phi) is 4.75. The van der Waals surface area contributed by atoms with Crippen LogP contribution in [-0.4, -0.2) is 15.9 Å². The van der Waals surface area contributed by atoms with Crippen molar-refractivity contribution in [3.05, 3.63) is 77.2 Å². The molecule has 0 radical (unpaired) electrons. The van der Waals surface area contributed by atoms with Crippen molar-refractivity contribution < 1.29 is 4.79 Å². The monoisotopic (exact) mass is 332 g/mol. The highest BCUT2D eigenvalue weighted by Gasteiger charge is 2.12. The summed E-state index contributed by atoms with van der Waals surface area (Å²) in [6.07, 6.45) is 0. The van der Waals surface area contributed by atoms with Crippen LogP contribution in [0.1, 0.15) is 27.4 Å². The Labute approximate surface area is 147 Å². The van der Waals surface area contributed by atoms with Crippen LogP contribution in [0.25, 0.3) is 0 Å². The first kappa shape index (κ1) is 16.6. The molecule has 5 heteroatoms. The van der Waals surface area contributed by atoms with Crippen molar-refractivity contribution in [1.82, 2.24) is 9.97 Å². The molecule has 0 spiro atoms. The minimum absolute atomic E-state index is 0.263. The first-order valence-corrected chi connectivity index (χ1v) is 8.08. The highest BCUT2D eigenvalue weighted by atomic mass is 16.1. The van der Waals surface area contributed by atoms with Crippen molar-refractivity contribution in [2.24, 2.45) is 0 Å². The van der Waals surface area contributed by atoms with E-state index in [0.29, 0.717) is 17.3 Å². The number of hydrogen-bond acceptors (Lipinski definition) is 4. The number of carbonyl (C=O) groups excluding carboxylic acids is 1. The second-order valence-electron chi connectivity index (χ2n) is 5.88. The van der Waals surface area contributed by atoms with E-state index in [9.17, 15) is 4.79 Å². The lowest BCUT2D eigenvalue weighted by atomic mass is 10.1. The maximum Gasteiger partial charge on any atom is 0.274 e. The standard InChI is InChI=1S/C20H20N4O/c1-13-8-7-11-17(14(13)2)24-19-12-18(21-15(3)22-19)20(25)23-16-9-5-4-6-10-16/h4-12H,1-3H3,(H,23,25)(H,21,22,24). The molecule has 0 saturated carbocycles. The number of aryl methyl sites for hydroxylation is 2. The lowest BCUT2D eigenvalue weighted by Crippen LogP contribution is -2.15. The lowest BCUT2D eigenvalue weighted by Gasteiger charge is -2.12. The smallest absolute Gasteiger partial charge is 0.274 e. The third-order valence-electron chi connectivity index (χ3n) is 3.97. The number of carbonyl (C=O) groups is 1. The zero-order valence-corrected chi connectivity index (χ0v) is 14.5. The van der Waals surface area contributed by atoms with E-state index in [1.807, 2.05) is 42.5 Å².